The van der Waals surface area contributed by atoms with Crippen LogP contribution in [0.1, 0.15) is 30.4 Å². The fourth-order valence-electron chi connectivity index (χ4n) is 2.07. The Morgan fingerprint density at radius 1 is 1.50 bits per heavy atom. The molecule has 7 heteroatoms. The van der Waals surface area contributed by atoms with Crippen LogP contribution in [0.15, 0.2) is 0 Å². The van der Waals surface area contributed by atoms with Crippen LogP contribution in [0, 0.1) is 0 Å². The summed E-state index contributed by atoms with van der Waals surface area (Å²) in [6.07, 6.45) is 1.97. The van der Waals surface area contributed by atoms with Gasteiger partial charge >= 0.3 is 0 Å². The molecule has 7 nitrogen and oxygen atoms in total. The molecule has 1 aliphatic heterocycles. The average molecular weight is 224 g/mol. The number of hydrogen-bond acceptors (Lipinski definition) is 5. The van der Waals surface area contributed by atoms with Gasteiger partial charge in [-0.2, -0.15) is 5.21 Å². The van der Waals surface area contributed by atoms with E-state index in [1.807, 2.05) is 11.8 Å². The number of hydrogen-bond donors (Lipinski definition) is 2. The summed E-state index contributed by atoms with van der Waals surface area (Å²) in [6, 6.07) is 0.289. The Morgan fingerprint density at radius 2 is 2.25 bits per heavy atom. The van der Waals surface area contributed by atoms with Gasteiger partial charge in [-0.15, -0.1) is 10.2 Å². The lowest BCUT2D eigenvalue weighted by molar-refractivity contribution is 0.0643. The Hall–Kier alpha value is -1.50. The van der Waals surface area contributed by atoms with E-state index in [4.69, 9.17) is 0 Å². The molecule has 0 radical (unpaired) electrons. The van der Waals surface area contributed by atoms with Crippen LogP contribution in [0.5, 0.6) is 0 Å². The third kappa shape index (κ3) is 2.19. The molecule has 16 heavy (non-hydrogen) atoms. The van der Waals surface area contributed by atoms with E-state index in [0.29, 0.717) is 6.54 Å². The van der Waals surface area contributed by atoms with Crippen LogP contribution in [-0.4, -0.2) is 57.1 Å². The molecule has 88 valence electrons. The number of aromatic amines is 1. The van der Waals surface area contributed by atoms with Gasteiger partial charge in [0.15, 0.2) is 0 Å². The first-order chi connectivity index (χ1) is 7.83. The zero-order valence-electron chi connectivity index (χ0n) is 9.31. The molecule has 2 heterocycles. The fourth-order valence-corrected chi connectivity index (χ4v) is 2.07. The summed E-state index contributed by atoms with van der Waals surface area (Å²) in [5, 5.41) is 16.4. The Bertz CT molecular complexity index is 332. The molecule has 0 saturated carbocycles. The van der Waals surface area contributed by atoms with Gasteiger partial charge in [-0.25, -0.2) is 0 Å². The second-order valence-electron chi connectivity index (χ2n) is 3.81. The number of aromatic nitrogens is 4. The lowest BCUT2D eigenvalue weighted by Gasteiger charge is -2.33. The molecule has 1 fully saturated rings. The molecule has 0 atom stereocenters. The maximum atomic E-state index is 12.1. The molecule has 2 N–H and O–H groups in total. The maximum Gasteiger partial charge on any atom is 0.295 e. The standard InChI is InChI=1S/C9H16N6O/c1-2-15(7-3-5-10-6-4-7)9(16)8-11-13-14-12-8/h7,10H,2-6H2,1H3,(H,11,12,13,14). The Balaban J connectivity index is 2.06. The SMILES string of the molecule is CCN(C(=O)c1nn[nH]n1)C1CCNCC1. The quantitative estimate of drug-likeness (QED) is 0.717. The van der Waals surface area contributed by atoms with Gasteiger partial charge in [-0.05, 0) is 38.1 Å². The third-order valence-electron chi connectivity index (χ3n) is 2.89. The first kappa shape index (κ1) is 11.0. The number of piperidine rings is 1. The number of carbonyl (C=O) groups excluding carboxylic acids is 1. The van der Waals surface area contributed by atoms with E-state index in [0.717, 1.165) is 25.9 Å². The van der Waals surface area contributed by atoms with Crippen LogP contribution in [0.2, 0.25) is 0 Å². The zero-order valence-corrected chi connectivity index (χ0v) is 9.31. The van der Waals surface area contributed by atoms with E-state index in [1.54, 1.807) is 0 Å². The van der Waals surface area contributed by atoms with Gasteiger partial charge in [0.05, 0.1) is 0 Å². The minimum absolute atomic E-state index is 0.136. The van der Waals surface area contributed by atoms with E-state index < -0.39 is 0 Å². The smallest absolute Gasteiger partial charge is 0.295 e. The minimum atomic E-state index is -0.136. The van der Waals surface area contributed by atoms with Crippen molar-refractivity contribution in [2.75, 3.05) is 19.6 Å². The topological polar surface area (TPSA) is 86.8 Å². The van der Waals surface area contributed by atoms with E-state index in [-0.39, 0.29) is 17.8 Å². The van der Waals surface area contributed by atoms with E-state index >= 15 is 0 Å². The minimum Gasteiger partial charge on any atom is -0.333 e. The predicted molar refractivity (Wildman–Crippen MR) is 56.8 cm³/mol. The molecule has 0 unspecified atom stereocenters. The van der Waals surface area contributed by atoms with Crippen LogP contribution < -0.4 is 5.32 Å². The van der Waals surface area contributed by atoms with Crippen molar-refractivity contribution >= 4 is 5.91 Å². The highest BCUT2D eigenvalue weighted by Gasteiger charge is 2.26. The first-order valence-electron chi connectivity index (χ1n) is 5.58. The number of amides is 1. The summed E-state index contributed by atoms with van der Waals surface area (Å²) < 4.78 is 0. The summed E-state index contributed by atoms with van der Waals surface area (Å²) in [4.78, 5) is 13.9. The van der Waals surface area contributed by atoms with Gasteiger partial charge in [-0.3, -0.25) is 4.79 Å². The van der Waals surface area contributed by atoms with Crippen molar-refractivity contribution in [3.8, 4) is 0 Å². The summed E-state index contributed by atoms with van der Waals surface area (Å²) in [6.45, 7) is 4.57. The highest BCUT2D eigenvalue weighted by Crippen LogP contribution is 2.13. The fraction of sp³-hybridized carbons (Fsp3) is 0.778. The lowest BCUT2D eigenvalue weighted by atomic mass is 10.0. The van der Waals surface area contributed by atoms with Gasteiger partial charge in [0, 0.05) is 12.6 Å². The number of carbonyl (C=O) groups is 1. The van der Waals surface area contributed by atoms with Gasteiger partial charge in [-0.1, -0.05) is 0 Å². The van der Waals surface area contributed by atoms with Crippen molar-refractivity contribution in [3.63, 3.8) is 0 Å². The van der Waals surface area contributed by atoms with E-state index in [1.165, 1.54) is 0 Å². The monoisotopic (exact) mass is 224 g/mol. The Morgan fingerprint density at radius 3 is 2.81 bits per heavy atom. The summed E-state index contributed by atoms with van der Waals surface area (Å²) in [5.74, 6) is 0.0172. The highest BCUT2D eigenvalue weighted by molar-refractivity contribution is 5.90. The molecule has 2 rings (SSSR count). The summed E-state index contributed by atoms with van der Waals surface area (Å²) in [5.41, 5.74) is 0. The number of tetrazole rings is 1. The van der Waals surface area contributed by atoms with Gasteiger partial charge in [0.25, 0.3) is 11.7 Å². The molecular formula is C9H16N6O. The van der Waals surface area contributed by atoms with Crippen molar-refractivity contribution in [1.29, 1.82) is 0 Å². The van der Waals surface area contributed by atoms with Crippen LogP contribution >= 0.6 is 0 Å². The molecular weight excluding hydrogens is 208 g/mol. The molecule has 1 saturated heterocycles. The van der Waals surface area contributed by atoms with E-state index in [9.17, 15) is 4.79 Å². The molecule has 0 bridgehead atoms. The summed E-state index contributed by atoms with van der Waals surface area (Å²) in [7, 11) is 0. The summed E-state index contributed by atoms with van der Waals surface area (Å²) >= 11 is 0. The molecule has 1 aromatic heterocycles. The number of rotatable bonds is 3. The molecule has 0 aromatic carbocycles. The van der Waals surface area contributed by atoms with Crippen LogP contribution in [0.25, 0.3) is 0 Å². The normalized spacial score (nSPS) is 17.3. The van der Waals surface area contributed by atoms with Crippen LogP contribution in [0.3, 0.4) is 0 Å². The second-order valence-corrected chi connectivity index (χ2v) is 3.81. The van der Waals surface area contributed by atoms with Gasteiger partial charge < -0.3 is 10.2 Å². The van der Waals surface area contributed by atoms with Crippen LogP contribution in [0.4, 0.5) is 0 Å². The van der Waals surface area contributed by atoms with Crippen molar-refractivity contribution < 1.29 is 4.79 Å². The van der Waals surface area contributed by atoms with E-state index in [2.05, 4.69) is 25.9 Å². The van der Waals surface area contributed by atoms with Gasteiger partial charge in [0.2, 0.25) is 0 Å². The van der Waals surface area contributed by atoms with Gasteiger partial charge in [0.1, 0.15) is 0 Å². The number of nitrogens with one attached hydrogen (secondary N) is 2. The molecule has 1 amide bonds. The van der Waals surface area contributed by atoms with Crippen molar-refractivity contribution in [1.82, 2.24) is 30.8 Å². The maximum absolute atomic E-state index is 12.1. The average Bonchev–Trinajstić information content (AvgIpc) is 2.85. The van der Waals surface area contributed by atoms with Crippen molar-refractivity contribution in [2.45, 2.75) is 25.8 Å². The number of H-pyrrole nitrogens is 1. The third-order valence-corrected chi connectivity index (χ3v) is 2.89. The first-order valence-corrected chi connectivity index (χ1v) is 5.58. The lowest BCUT2D eigenvalue weighted by Crippen LogP contribution is -2.46. The molecule has 1 aromatic rings. The van der Waals surface area contributed by atoms with Crippen LogP contribution in [-0.2, 0) is 0 Å². The molecule has 1 aliphatic rings. The zero-order chi connectivity index (χ0) is 11.4. The van der Waals surface area contributed by atoms with Crippen molar-refractivity contribution in [2.24, 2.45) is 0 Å². The largest absolute Gasteiger partial charge is 0.333 e. The van der Waals surface area contributed by atoms with Crippen molar-refractivity contribution in [3.05, 3.63) is 5.82 Å². The predicted octanol–water partition coefficient (Wildman–Crippen LogP) is -0.586. The second kappa shape index (κ2) is 5.02. The Kier molecular flexibility index (Phi) is 3.45. The Labute approximate surface area is 93.6 Å². The number of nitrogens with zero attached hydrogens (tertiary/aromatic N) is 4. The molecule has 0 aliphatic carbocycles. The molecule has 0 spiro atoms. The highest BCUT2D eigenvalue weighted by atomic mass is 16.2.